The van der Waals surface area contributed by atoms with Crippen molar-refractivity contribution in [3.05, 3.63) is 89.5 Å². The molecule has 0 atom stereocenters. The van der Waals surface area contributed by atoms with Gasteiger partial charge >= 0.3 is 6.09 Å². The number of nitrogens with zero attached hydrogens (tertiary/aromatic N) is 2. The van der Waals surface area contributed by atoms with Gasteiger partial charge in [-0.15, -0.1) is 0 Å². The minimum Gasteiger partial charge on any atom is -0.443 e. The van der Waals surface area contributed by atoms with Crippen LogP contribution in [0.2, 0.25) is 5.02 Å². The molecule has 0 unspecified atom stereocenters. The number of halogens is 1. The molecular formula is C24H22ClN5O5. The number of nitrogens with one attached hydrogen (secondary N) is 3. The molecule has 0 aliphatic rings. The molecule has 2 aromatic heterocycles. The Labute approximate surface area is 203 Å². The third-order valence-electron chi connectivity index (χ3n) is 4.97. The molecule has 10 nitrogen and oxygen atoms in total. The van der Waals surface area contributed by atoms with Gasteiger partial charge in [0.25, 0.3) is 11.1 Å². The van der Waals surface area contributed by atoms with Crippen molar-refractivity contribution in [2.45, 2.75) is 32.9 Å². The number of hydrogen-bond donors (Lipinski definition) is 3. The quantitative estimate of drug-likeness (QED) is 0.227. The Morgan fingerprint density at radius 3 is 2.54 bits per heavy atom. The highest BCUT2D eigenvalue weighted by Crippen LogP contribution is 2.16. The fourth-order valence-corrected chi connectivity index (χ4v) is 3.64. The van der Waals surface area contributed by atoms with E-state index in [4.69, 9.17) is 16.3 Å². The highest BCUT2D eigenvalue weighted by Gasteiger charge is 2.16. The number of hydrogen-bond acceptors (Lipinski definition) is 6. The number of fused-ring (bicyclic) bond motifs is 2. The molecule has 0 spiro atoms. The van der Waals surface area contributed by atoms with Crippen LogP contribution in [0.4, 0.5) is 4.79 Å². The van der Waals surface area contributed by atoms with Crippen molar-refractivity contribution < 1.29 is 9.53 Å². The molecule has 11 heteroatoms. The molecule has 0 bridgehead atoms. The molecule has 1 amide bonds. The monoisotopic (exact) mass is 495 g/mol. The van der Waals surface area contributed by atoms with Gasteiger partial charge in [-0.1, -0.05) is 35.9 Å². The second-order valence-electron chi connectivity index (χ2n) is 8.84. The van der Waals surface area contributed by atoms with Gasteiger partial charge in [-0.05, 0) is 50.1 Å². The number of benzene rings is 2. The summed E-state index contributed by atoms with van der Waals surface area (Å²) >= 11 is 5.98. The van der Waals surface area contributed by atoms with E-state index in [1.54, 1.807) is 51.1 Å². The SMILES string of the molecule is CC(C)(C)OC(=O)N/N=C\c1ccc(Cn2[nH]c(=O)c3[nH]c4cc(Cl)ccc4c(=O)c3c2=O)cc1. The number of aromatic nitrogens is 3. The highest BCUT2D eigenvalue weighted by atomic mass is 35.5. The van der Waals surface area contributed by atoms with Crippen LogP contribution in [-0.2, 0) is 11.3 Å². The maximum absolute atomic E-state index is 13.1. The van der Waals surface area contributed by atoms with Gasteiger partial charge in [-0.25, -0.2) is 14.9 Å². The summed E-state index contributed by atoms with van der Waals surface area (Å²) in [6.07, 6.45) is 0.769. The Morgan fingerprint density at radius 2 is 1.86 bits per heavy atom. The first-order valence-electron chi connectivity index (χ1n) is 10.6. The molecule has 180 valence electrons. The predicted molar refractivity (Wildman–Crippen MR) is 134 cm³/mol. The van der Waals surface area contributed by atoms with Crippen molar-refractivity contribution >= 4 is 45.7 Å². The van der Waals surface area contributed by atoms with Crippen LogP contribution in [-0.4, -0.2) is 32.7 Å². The van der Waals surface area contributed by atoms with E-state index in [1.807, 2.05) is 0 Å². The first-order valence-corrected chi connectivity index (χ1v) is 11.0. The Hall–Kier alpha value is -4.18. The van der Waals surface area contributed by atoms with E-state index >= 15 is 0 Å². The number of rotatable bonds is 4. The Bertz CT molecular complexity index is 1640. The van der Waals surface area contributed by atoms with Gasteiger partial charge in [0.15, 0.2) is 0 Å². The van der Waals surface area contributed by atoms with Crippen molar-refractivity contribution in [2.75, 3.05) is 0 Å². The lowest BCUT2D eigenvalue weighted by atomic mass is 10.1. The van der Waals surface area contributed by atoms with Crippen LogP contribution >= 0.6 is 11.6 Å². The first kappa shape index (κ1) is 24.0. The van der Waals surface area contributed by atoms with Gasteiger partial charge in [0, 0.05) is 10.4 Å². The second kappa shape index (κ2) is 9.22. The average molecular weight is 496 g/mol. The summed E-state index contributed by atoms with van der Waals surface area (Å²) in [5.41, 5.74) is 1.54. The maximum Gasteiger partial charge on any atom is 0.428 e. The summed E-state index contributed by atoms with van der Waals surface area (Å²) in [6, 6.07) is 11.5. The number of amides is 1. The molecule has 2 heterocycles. The zero-order valence-electron chi connectivity index (χ0n) is 19.1. The molecule has 0 fully saturated rings. The van der Waals surface area contributed by atoms with Gasteiger partial charge in [-0.2, -0.15) is 5.10 Å². The van der Waals surface area contributed by atoms with Crippen LogP contribution in [0.3, 0.4) is 0 Å². The topological polar surface area (TPSA) is 138 Å². The number of carbonyl (C=O) groups excluding carboxylic acids is 1. The van der Waals surface area contributed by atoms with E-state index in [2.05, 4.69) is 20.6 Å². The van der Waals surface area contributed by atoms with Gasteiger partial charge in [-0.3, -0.25) is 19.5 Å². The maximum atomic E-state index is 13.1. The molecular weight excluding hydrogens is 474 g/mol. The molecule has 0 saturated carbocycles. The number of carbonyl (C=O) groups is 1. The Kier molecular flexibility index (Phi) is 6.31. The van der Waals surface area contributed by atoms with Crippen LogP contribution in [0.1, 0.15) is 31.9 Å². The summed E-state index contributed by atoms with van der Waals surface area (Å²) < 4.78 is 6.19. The fourth-order valence-electron chi connectivity index (χ4n) is 3.47. The van der Waals surface area contributed by atoms with Crippen molar-refractivity contribution in [2.24, 2.45) is 5.10 Å². The number of aromatic amines is 2. The van der Waals surface area contributed by atoms with E-state index < -0.39 is 28.2 Å². The standard InChI is InChI=1S/C24H22ClN5O5/c1-24(2,3)35-23(34)28-26-11-13-4-6-14(7-5-13)12-30-22(33)18-19(21(32)29-30)27-17-10-15(25)8-9-16(17)20(18)31/h4-11H,12H2,1-3H3,(H,27,31)(H,28,34)(H,29,32)/b26-11-. The lowest BCUT2D eigenvalue weighted by Crippen LogP contribution is -2.34. The molecule has 0 aliphatic carbocycles. The van der Waals surface area contributed by atoms with Gasteiger partial charge in [0.05, 0.1) is 18.3 Å². The van der Waals surface area contributed by atoms with Crippen LogP contribution in [0.15, 0.2) is 61.9 Å². The van der Waals surface area contributed by atoms with Crippen LogP contribution in [0.25, 0.3) is 21.8 Å². The second-order valence-corrected chi connectivity index (χ2v) is 9.28. The Balaban J connectivity index is 1.59. The Morgan fingerprint density at radius 1 is 1.14 bits per heavy atom. The van der Waals surface area contributed by atoms with Crippen molar-refractivity contribution in [1.82, 2.24) is 20.2 Å². The van der Waals surface area contributed by atoms with Gasteiger partial charge in [0.1, 0.15) is 16.5 Å². The molecule has 3 N–H and O–H groups in total. The molecule has 0 saturated heterocycles. The van der Waals surface area contributed by atoms with Gasteiger partial charge in [0.2, 0.25) is 5.43 Å². The predicted octanol–water partition coefficient (Wildman–Crippen LogP) is 3.09. The van der Waals surface area contributed by atoms with E-state index in [-0.39, 0.29) is 22.8 Å². The van der Waals surface area contributed by atoms with Crippen molar-refractivity contribution in [3.8, 4) is 0 Å². The minimum atomic E-state index is -0.670. The molecule has 4 aromatic rings. The van der Waals surface area contributed by atoms with E-state index in [1.165, 1.54) is 18.3 Å². The van der Waals surface area contributed by atoms with E-state index in [0.717, 1.165) is 4.68 Å². The third kappa shape index (κ3) is 5.33. The largest absolute Gasteiger partial charge is 0.443 e. The molecule has 35 heavy (non-hydrogen) atoms. The molecule has 4 rings (SSSR count). The smallest absolute Gasteiger partial charge is 0.428 e. The lowest BCUT2D eigenvalue weighted by molar-refractivity contribution is 0.0529. The number of H-pyrrole nitrogens is 2. The van der Waals surface area contributed by atoms with Crippen molar-refractivity contribution in [1.29, 1.82) is 0 Å². The fraction of sp³-hybridized carbons (Fsp3) is 0.208. The van der Waals surface area contributed by atoms with Crippen LogP contribution in [0.5, 0.6) is 0 Å². The third-order valence-corrected chi connectivity index (χ3v) is 5.21. The summed E-state index contributed by atoms with van der Waals surface area (Å²) in [5, 5.41) is 6.79. The molecule has 0 radical (unpaired) electrons. The number of pyridine rings is 1. The summed E-state index contributed by atoms with van der Waals surface area (Å²) in [6.45, 7) is 5.28. The van der Waals surface area contributed by atoms with Crippen LogP contribution < -0.4 is 22.0 Å². The molecule has 0 aliphatic heterocycles. The van der Waals surface area contributed by atoms with Gasteiger partial charge < -0.3 is 9.72 Å². The summed E-state index contributed by atoms with van der Waals surface area (Å²) in [7, 11) is 0. The summed E-state index contributed by atoms with van der Waals surface area (Å²) in [4.78, 5) is 53.2. The first-order chi connectivity index (χ1) is 16.5. The van der Waals surface area contributed by atoms with E-state index in [9.17, 15) is 19.2 Å². The number of hydrazone groups is 1. The van der Waals surface area contributed by atoms with Crippen LogP contribution in [0, 0.1) is 0 Å². The lowest BCUT2D eigenvalue weighted by Gasteiger charge is -2.18. The number of ether oxygens (including phenoxy) is 1. The normalized spacial score (nSPS) is 11.9. The summed E-state index contributed by atoms with van der Waals surface area (Å²) in [5.74, 6) is 0. The zero-order chi connectivity index (χ0) is 25.3. The van der Waals surface area contributed by atoms with Crippen molar-refractivity contribution in [3.63, 3.8) is 0 Å². The van der Waals surface area contributed by atoms with E-state index in [0.29, 0.717) is 21.7 Å². The molecule has 2 aromatic carbocycles. The highest BCUT2D eigenvalue weighted by molar-refractivity contribution is 6.31. The minimum absolute atomic E-state index is 0.0374. The average Bonchev–Trinajstić information content (AvgIpc) is 2.77. The zero-order valence-corrected chi connectivity index (χ0v) is 19.9.